The van der Waals surface area contributed by atoms with Crippen molar-refractivity contribution in [3.05, 3.63) is 0 Å². The predicted octanol–water partition coefficient (Wildman–Crippen LogP) is 5.71. The Labute approximate surface area is 590 Å². The summed E-state index contributed by atoms with van der Waals surface area (Å²) in [6.07, 6.45) is 7.50. The summed E-state index contributed by atoms with van der Waals surface area (Å²) in [6.45, 7) is 20.6. The number of carbonyl (C=O) groups is 2. The highest BCUT2D eigenvalue weighted by molar-refractivity contribution is 5.70. The van der Waals surface area contributed by atoms with Crippen LogP contribution >= 0.6 is 0 Å². The Hall–Kier alpha value is -1.86. The molecule has 8 rings (SSSR count). The molecule has 8 saturated carbocycles. The zero-order valence-electron chi connectivity index (χ0n) is 61.1. The van der Waals surface area contributed by atoms with E-state index in [4.69, 9.17) is 71.4 Å². The number of ether oxygens (including phenoxy) is 14. The molecule has 24 nitrogen and oxygen atoms in total. The van der Waals surface area contributed by atoms with Crippen LogP contribution in [0.2, 0.25) is 0 Å². The molecule has 0 heterocycles. The fourth-order valence-electron chi connectivity index (χ4n) is 20.7. The Kier molecular flexibility index (Phi) is 34.5. The third-order valence-electron chi connectivity index (χ3n) is 26.1. The van der Waals surface area contributed by atoms with Crippen molar-refractivity contribution in [1.82, 2.24) is 0 Å². The van der Waals surface area contributed by atoms with Crippen molar-refractivity contribution >= 4 is 11.9 Å². The van der Waals surface area contributed by atoms with Crippen LogP contribution in [0.15, 0.2) is 0 Å². The van der Waals surface area contributed by atoms with Gasteiger partial charge in [0.05, 0.1) is 189 Å². The minimum atomic E-state index is -1.15. The standard InChI is InChI=1S/C75H132O24/c1-50(57-9-11-59-70-61(45-65(82)74(57,59)5)72(3)17-15-54(78)41-52(72)43-63(70)80)7-13-67(84)97-48-56(49-98-68(85)14-8-51(2)58-10-12-60-71-62(46-66(83)75(58,60)6)73(4)18-16-55(79)42-53(73)44-64(71)81)99-69(47-77)96-40-39-95-38-37-94-36-35-93-34-33-92-32-31-91-30-29-90-28-27-89-26-25-88-24-23-87-22-21-86-20-19-76/h50-66,69-71,76-83H,7-49H2,1-6H3/t50-,51-,52+,53+,54-,55-,56?,57-,58-,59?,60?,61?,62?,63-,64-,65+,66+,69?,70?,71?,72+,73+,74-,75-/m1/s1. The van der Waals surface area contributed by atoms with E-state index in [1.807, 2.05) is 0 Å². The molecule has 0 aromatic carbocycles. The summed E-state index contributed by atoms with van der Waals surface area (Å²) in [5.74, 6) is 0.881. The molecule has 23 atom stereocenters. The fourth-order valence-corrected chi connectivity index (χ4v) is 20.7. The Morgan fingerprint density at radius 2 is 0.747 bits per heavy atom. The van der Waals surface area contributed by atoms with E-state index in [9.17, 15) is 45.3 Å². The lowest BCUT2D eigenvalue weighted by molar-refractivity contribution is -0.213. The monoisotopic (exact) mass is 1420 g/mol. The van der Waals surface area contributed by atoms with Crippen molar-refractivity contribution in [3.8, 4) is 0 Å². The number of hydrogen-bond donors (Lipinski definition) is 8. The summed E-state index contributed by atoms with van der Waals surface area (Å²) in [7, 11) is 0. The number of rotatable bonds is 48. The van der Waals surface area contributed by atoms with Crippen molar-refractivity contribution in [2.75, 3.05) is 165 Å². The van der Waals surface area contributed by atoms with Gasteiger partial charge in [0.2, 0.25) is 0 Å². The molecule has 0 amide bonds. The lowest BCUT2D eigenvalue weighted by Crippen LogP contribution is -2.62. The molecule has 0 aromatic rings. The highest BCUT2D eigenvalue weighted by atomic mass is 16.7. The highest BCUT2D eigenvalue weighted by Crippen LogP contribution is 2.70. The lowest BCUT2D eigenvalue weighted by atomic mass is 9.43. The Balaban J connectivity index is 0.713. The smallest absolute Gasteiger partial charge is 0.305 e. The first-order chi connectivity index (χ1) is 47.7. The van der Waals surface area contributed by atoms with Gasteiger partial charge < -0.3 is 107 Å². The molecule has 8 aliphatic rings. The van der Waals surface area contributed by atoms with Crippen LogP contribution in [-0.2, 0) is 75.9 Å². The average molecular weight is 1420 g/mol. The lowest BCUT2D eigenvalue weighted by Gasteiger charge is -2.63. The van der Waals surface area contributed by atoms with E-state index in [2.05, 4.69) is 41.5 Å². The van der Waals surface area contributed by atoms with E-state index in [0.717, 1.165) is 51.4 Å². The van der Waals surface area contributed by atoms with Crippen LogP contribution in [0, 0.1) is 92.7 Å². The molecule has 0 aliphatic heterocycles. The van der Waals surface area contributed by atoms with Crippen LogP contribution in [-0.4, -0.2) is 267 Å². The highest BCUT2D eigenvalue weighted by Gasteiger charge is 2.68. The second-order valence-corrected chi connectivity index (χ2v) is 31.5. The second kappa shape index (κ2) is 41.3. The van der Waals surface area contributed by atoms with Crippen molar-refractivity contribution < 1.29 is 117 Å². The van der Waals surface area contributed by atoms with Gasteiger partial charge in [0, 0.05) is 12.8 Å². The molecule has 24 heteroatoms. The molecular formula is C75H132O24. The van der Waals surface area contributed by atoms with Crippen LogP contribution < -0.4 is 0 Å². The van der Waals surface area contributed by atoms with Crippen LogP contribution in [0.25, 0.3) is 0 Å². The SMILES string of the molecule is C[C@H](CCC(=O)OCC(COC(=O)CC[C@@H](C)[C@H]1CCC2C3C(C[C@H](O)[C@@]21C)[C@@]1(C)CC[C@@H](O)C[C@H]1C[C@H]3O)OC(CO)OCCOCCOCCOCCOCCOCCOCCOCCOCCOCCOCCO)[C@H]1CCC2C3C(C[C@H](O)[C@@]21C)[C@@]1(C)CC[C@@H](O)C[C@H]1C[C@H]3O. The molecule has 0 bridgehead atoms. The molecule has 0 aromatic heterocycles. The molecule has 8 N–H and O–H groups in total. The van der Waals surface area contributed by atoms with Gasteiger partial charge in [-0.05, 0) is 195 Å². The zero-order chi connectivity index (χ0) is 71.0. The van der Waals surface area contributed by atoms with Gasteiger partial charge in [-0.25, -0.2) is 0 Å². The normalized spacial score (nSPS) is 36.7. The molecule has 99 heavy (non-hydrogen) atoms. The minimum Gasteiger partial charge on any atom is -0.463 e. The minimum absolute atomic E-state index is 0.00304. The van der Waals surface area contributed by atoms with Crippen molar-refractivity contribution in [2.24, 2.45) is 92.7 Å². The van der Waals surface area contributed by atoms with E-state index in [-0.39, 0.29) is 147 Å². The average Bonchev–Trinajstić information content (AvgIpc) is 1.68. The van der Waals surface area contributed by atoms with Gasteiger partial charge in [0.15, 0.2) is 6.29 Å². The second-order valence-electron chi connectivity index (χ2n) is 31.5. The summed E-state index contributed by atoms with van der Waals surface area (Å²) >= 11 is 0. The maximum absolute atomic E-state index is 13.7. The Morgan fingerprint density at radius 3 is 1.08 bits per heavy atom. The number of hydrogen-bond acceptors (Lipinski definition) is 24. The third-order valence-corrected chi connectivity index (χ3v) is 26.1. The van der Waals surface area contributed by atoms with Gasteiger partial charge >= 0.3 is 11.9 Å². The van der Waals surface area contributed by atoms with Crippen molar-refractivity contribution in [1.29, 1.82) is 0 Å². The quantitative estimate of drug-likeness (QED) is 0.0206. The predicted molar refractivity (Wildman–Crippen MR) is 364 cm³/mol. The van der Waals surface area contributed by atoms with Crippen molar-refractivity contribution in [2.45, 2.75) is 206 Å². The number of fused-ring (bicyclic) bond motifs is 10. The van der Waals surface area contributed by atoms with Gasteiger partial charge in [0.25, 0.3) is 0 Å². The van der Waals surface area contributed by atoms with E-state index < -0.39 is 66.2 Å². The van der Waals surface area contributed by atoms with Crippen LogP contribution in [0.3, 0.4) is 0 Å². The number of esters is 2. The van der Waals surface area contributed by atoms with E-state index >= 15 is 0 Å². The molecule has 0 saturated heterocycles. The number of carbonyl (C=O) groups excluding carboxylic acids is 2. The Bertz CT molecular complexity index is 2180. The first-order valence-electron chi connectivity index (χ1n) is 38.4. The molecule has 0 radical (unpaired) electrons. The number of aliphatic hydroxyl groups is 8. The fraction of sp³-hybridized carbons (Fsp3) is 0.973. The summed E-state index contributed by atoms with van der Waals surface area (Å²) in [4.78, 5) is 27.4. The van der Waals surface area contributed by atoms with Crippen molar-refractivity contribution in [3.63, 3.8) is 0 Å². The maximum Gasteiger partial charge on any atom is 0.305 e. The molecule has 576 valence electrons. The summed E-state index contributed by atoms with van der Waals surface area (Å²) < 4.78 is 78.8. The van der Waals surface area contributed by atoms with Gasteiger partial charge in [0.1, 0.15) is 19.3 Å². The summed E-state index contributed by atoms with van der Waals surface area (Å²) in [5, 5.41) is 88.2. The molecular weight excluding hydrogens is 1280 g/mol. The van der Waals surface area contributed by atoms with Crippen LogP contribution in [0.4, 0.5) is 0 Å². The maximum atomic E-state index is 13.7. The van der Waals surface area contributed by atoms with Gasteiger partial charge in [-0.3, -0.25) is 9.59 Å². The Morgan fingerprint density at radius 1 is 0.414 bits per heavy atom. The largest absolute Gasteiger partial charge is 0.463 e. The van der Waals surface area contributed by atoms with Crippen LogP contribution in [0.5, 0.6) is 0 Å². The van der Waals surface area contributed by atoms with Gasteiger partial charge in [-0.2, -0.15) is 0 Å². The summed E-state index contributed by atoms with van der Waals surface area (Å²) in [6, 6.07) is 0. The van der Waals surface area contributed by atoms with Crippen LogP contribution in [0.1, 0.15) is 157 Å². The summed E-state index contributed by atoms with van der Waals surface area (Å²) in [5.41, 5.74) is -0.886. The van der Waals surface area contributed by atoms with Gasteiger partial charge in [-0.15, -0.1) is 0 Å². The third kappa shape index (κ3) is 22.1. The zero-order valence-corrected chi connectivity index (χ0v) is 61.1. The molecule has 8 fully saturated rings. The molecule has 8 aliphatic carbocycles. The first-order valence-corrected chi connectivity index (χ1v) is 38.4. The van der Waals surface area contributed by atoms with Gasteiger partial charge in [-0.1, -0.05) is 41.5 Å². The van der Waals surface area contributed by atoms with E-state index in [1.54, 1.807) is 0 Å². The van der Waals surface area contributed by atoms with E-state index in [1.165, 1.54) is 0 Å². The topological polar surface area (TPSA) is 325 Å². The first kappa shape index (κ1) is 82.8. The molecule has 7 unspecified atom stereocenters. The number of aliphatic hydroxyl groups excluding tert-OH is 8. The molecule has 0 spiro atoms. The van der Waals surface area contributed by atoms with E-state index in [0.29, 0.717) is 170 Å².